The Labute approximate surface area is 121 Å². The minimum Gasteiger partial charge on any atom is -0.344 e. The molecule has 0 fully saturated rings. The molecule has 1 aromatic carbocycles. The third kappa shape index (κ3) is 3.73. The Morgan fingerprint density at radius 1 is 1.15 bits per heavy atom. The number of allylic oxidation sites excluding steroid dienone is 1. The average Bonchev–Trinajstić information content (AvgIpc) is 2.80. The van der Waals surface area contributed by atoms with Crippen LogP contribution in [0.2, 0.25) is 0 Å². The zero-order valence-corrected chi connectivity index (χ0v) is 12.7. The van der Waals surface area contributed by atoms with Gasteiger partial charge >= 0.3 is 0 Å². The normalized spacial score (nSPS) is 14.6. The van der Waals surface area contributed by atoms with Crippen molar-refractivity contribution < 1.29 is 0 Å². The molecule has 0 spiro atoms. The second-order valence-electron chi connectivity index (χ2n) is 6.22. The van der Waals surface area contributed by atoms with E-state index in [9.17, 15) is 0 Å². The van der Waals surface area contributed by atoms with Gasteiger partial charge in [-0.25, -0.2) is 0 Å². The van der Waals surface area contributed by atoms with Gasteiger partial charge in [-0.3, -0.25) is 4.99 Å². The first-order valence-electron chi connectivity index (χ1n) is 6.90. The number of nitrogens with zero attached hydrogens (tertiary/aromatic N) is 1. The number of benzene rings is 1. The van der Waals surface area contributed by atoms with Gasteiger partial charge in [0, 0.05) is 22.5 Å². The van der Waals surface area contributed by atoms with Crippen LogP contribution in [0.4, 0.5) is 5.69 Å². The highest BCUT2D eigenvalue weighted by Crippen LogP contribution is 2.21. The fraction of sp³-hybridized carbons (Fsp3) is 0.353. The molecule has 20 heavy (non-hydrogen) atoms. The van der Waals surface area contributed by atoms with Crippen molar-refractivity contribution >= 4 is 11.4 Å². The van der Waals surface area contributed by atoms with Crippen molar-refractivity contribution in [2.75, 3.05) is 11.9 Å². The average molecular weight is 269 g/mol. The summed E-state index contributed by atoms with van der Waals surface area (Å²) in [6.45, 7) is 13.3. The Kier molecular flexibility index (Phi) is 3.98. The summed E-state index contributed by atoms with van der Waals surface area (Å²) in [5, 5.41) is 6.54. The van der Waals surface area contributed by atoms with Crippen LogP contribution in [0.1, 0.15) is 26.3 Å². The Bertz CT molecular complexity index is 557. The zero-order valence-electron chi connectivity index (χ0n) is 12.7. The van der Waals surface area contributed by atoms with Gasteiger partial charge in [0.25, 0.3) is 0 Å². The summed E-state index contributed by atoms with van der Waals surface area (Å²) in [7, 11) is 0. The smallest absolute Gasteiger partial charge is 0.0999 e. The molecular formula is C17H23N3. The third-order valence-electron chi connectivity index (χ3n) is 3.16. The Morgan fingerprint density at radius 3 is 2.35 bits per heavy atom. The monoisotopic (exact) mass is 269 g/mol. The van der Waals surface area contributed by atoms with E-state index in [1.165, 1.54) is 5.56 Å². The predicted molar refractivity (Wildman–Crippen MR) is 86.9 cm³/mol. The van der Waals surface area contributed by atoms with Crippen LogP contribution in [0.5, 0.6) is 0 Å². The van der Waals surface area contributed by atoms with Gasteiger partial charge in [0.1, 0.15) is 0 Å². The summed E-state index contributed by atoms with van der Waals surface area (Å²) in [5.41, 5.74) is 4.58. The SMILES string of the molecule is C=C(NC1=CC(C(C)(C)C)=NC1)Nc1ccc(C)cc1. The molecule has 1 aliphatic rings. The molecule has 3 nitrogen and oxygen atoms in total. The van der Waals surface area contributed by atoms with Crippen LogP contribution in [-0.4, -0.2) is 12.3 Å². The van der Waals surface area contributed by atoms with Crippen LogP contribution >= 0.6 is 0 Å². The highest BCUT2D eigenvalue weighted by Gasteiger charge is 2.21. The molecule has 0 bridgehead atoms. The van der Waals surface area contributed by atoms with Crippen molar-refractivity contribution in [1.82, 2.24) is 5.32 Å². The van der Waals surface area contributed by atoms with Crippen LogP contribution in [0, 0.1) is 12.3 Å². The lowest BCUT2D eigenvalue weighted by Gasteiger charge is -2.16. The third-order valence-corrected chi connectivity index (χ3v) is 3.16. The summed E-state index contributed by atoms with van der Waals surface area (Å²) in [6.07, 6.45) is 2.11. The van der Waals surface area contributed by atoms with Crippen molar-refractivity contribution in [1.29, 1.82) is 0 Å². The number of hydrogen-bond acceptors (Lipinski definition) is 3. The highest BCUT2D eigenvalue weighted by atomic mass is 15.1. The zero-order chi connectivity index (χ0) is 14.8. The van der Waals surface area contributed by atoms with Crippen LogP contribution < -0.4 is 10.6 Å². The number of anilines is 1. The van der Waals surface area contributed by atoms with E-state index in [0.717, 1.165) is 22.9 Å². The van der Waals surface area contributed by atoms with Gasteiger partial charge in [-0.2, -0.15) is 0 Å². The topological polar surface area (TPSA) is 36.4 Å². The molecule has 1 heterocycles. The molecular weight excluding hydrogens is 246 g/mol. The van der Waals surface area contributed by atoms with Crippen molar-refractivity contribution in [2.45, 2.75) is 27.7 Å². The van der Waals surface area contributed by atoms with Crippen LogP contribution in [0.25, 0.3) is 0 Å². The standard InChI is InChI=1S/C17H23N3/c1-12-6-8-14(9-7-12)19-13(2)20-15-10-16(18-11-15)17(3,4)5/h6-10,19-20H,2,11H2,1,3-5H3. The molecule has 0 saturated carbocycles. The Balaban J connectivity index is 1.92. The Hall–Kier alpha value is -2.03. The second-order valence-corrected chi connectivity index (χ2v) is 6.22. The lowest BCUT2D eigenvalue weighted by molar-refractivity contribution is 0.594. The molecule has 0 saturated heterocycles. The first-order valence-corrected chi connectivity index (χ1v) is 6.90. The quantitative estimate of drug-likeness (QED) is 0.871. The molecule has 0 radical (unpaired) electrons. The van der Waals surface area contributed by atoms with Crippen LogP contribution in [-0.2, 0) is 0 Å². The molecule has 2 N–H and O–H groups in total. The first kappa shape index (κ1) is 14.4. The fourth-order valence-electron chi connectivity index (χ4n) is 1.99. The largest absolute Gasteiger partial charge is 0.344 e. The van der Waals surface area contributed by atoms with E-state index in [1.54, 1.807) is 0 Å². The summed E-state index contributed by atoms with van der Waals surface area (Å²) in [4.78, 5) is 4.55. The van der Waals surface area contributed by atoms with Gasteiger partial charge in [0.2, 0.25) is 0 Å². The lowest BCUT2D eigenvalue weighted by atomic mass is 9.90. The molecule has 0 aliphatic carbocycles. The van der Waals surface area contributed by atoms with Gasteiger partial charge in [-0.1, -0.05) is 45.0 Å². The molecule has 1 aromatic rings. The minimum absolute atomic E-state index is 0.0924. The van der Waals surface area contributed by atoms with E-state index in [0.29, 0.717) is 6.54 Å². The van der Waals surface area contributed by atoms with Crippen LogP contribution in [0.15, 0.2) is 53.4 Å². The summed E-state index contributed by atoms with van der Waals surface area (Å²) >= 11 is 0. The maximum Gasteiger partial charge on any atom is 0.0999 e. The van der Waals surface area contributed by atoms with E-state index in [2.05, 4.69) is 68.1 Å². The minimum atomic E-state index is 0.0924. The van der Waals surface area contributed by atoms with Crippen molar-refractivity contribution in [2.24, 2.45) is 10.4 Å². The summed E-state index contributed by atoms with van der Waals surface area (Å²) in [6, 6.07) is 8.24. The van der Waals surface area contributed by atoms with Gasteiger partial charge in [-0.15, -0.1) is 0 Å². The maximum absolute atomic E-state index is 4.55. The molecule has 106 valence electrons. The highest BCUT2D eigenvalue weighted by molar-refractivity contribution is 6.01. The molecule has 3 heteroatoms. The van der Waals surface area contributed by atoms with E-state index >= 15 is 0 Å². The first-order chi connectivity index (χ1) is 9.34. The molecule has 2 rings (SSSR count). The number of aliphatic imine (C=N–C) groups is 1. The molecule has 0 amide bonds. The lowest BCUT2D eigenvalue weighted by Crippen LogP contribution is -2.20. The second kappa shape index (κ2) is 5.53. The fourth-order valence-corrected chi connectivity index (χ4v) is 1.99. The number of aryl methyl sites for hydroxylation is 1. The summed E-state index contributed by atoms with van der Waals surface area (Å²) in [5.74, 6) is 0.769. The van der Waals surface area contributed by atoms with E-state index in [-0.39, 0.29) is 5.41 Å². The van der Waals surface area contributed by atoms with Gasteiger partial charge in [0.05, 0.1) is 12.4 Å². The van der Waals surface area contributed by atoms with E-state index < -0.39 is 0 Å². The van der Waals surface area contributed by atoms with Crippen LogP contribution in [0.3, 0.4) is 0 Å². The summed E-state index contributed by atoms with van der Waals surface area (Å²) < 4.78 is 0. The van der Waals surface area contributed by atoms with Gasteiger partial charge in [-0.05, 0) is 25.1 Å². The molecule has 0 aromatic heterocycles. The van der Waals surface area contributed by atoms with Crippen molar-refractivity contribution in [3.63, 3.8) is 0 Å². The number of nitrogens with one attached hydrogen (secondary N) is 2. The Morgan fingerprint density at radius 2 is 1.80 bits per heavy atom. The molecule has 1 aliphatic heterocycles. The molecule has 0 unspecified atom stereocenters. The van der Waals surface area contributed by atoms with Crippen molar-refractivity contribution in [3.8, 4) is 0 Å². The predicted octanol–water partition coefficient (Wildman–Crippen LogP) is 3.85. The van der Waals surface area contributed by atoms with Gasteiger partial charge in [0.15, 0.2) is 0 Å². The number of rotatable bonds is 4. The maximum atomic E-state index is 4.55. The molecule has 0 atom stereocenters. The van der Waals surface area contributed by atoms with Gasteiger partial charge < -0.3 is 10.6 Å². The number of hydrogen-bond donors (Lipinski definition) is 2. The van der Waals surface area contributed by atoms with E-state index in [1.807, 2.05) is 12.1 Å². The van der Waals surface area contributed by atoms with Crippen molar-refractivity contribution in [3.05, 3.63) is 54.0 Å². The van der Waals surface area contributed by atoms with E-state index in [4.69, 9.17) is 0 Å².